The van der Waals surface area contributed by atoms with E-state index in [1.165, 1.54) is 5.57 Å². The van der Waals surface area contributed by atoms with Crippen molar-refractivity contribution in [3.8, 4) is 0 Å². The Morgan fingerprint density at radius 1 is 1.21 bits per heavy atom. The van der Waals surface area contributed by atoms with E-state index in [-0.39, 0.29) is 29.8 Å². The zero-order valence-electron chi connectivity index (χ0n) is 16.6. The molecule has 1 saturated carbocycles. The Morgan fingerprint density at radius 2 is 1.93 bits per heavy atom. The van der Waals surface area contributed by atoms with Crippen molar-refractivity contribution in [2.45, 2.75) is 82.4 Å². The van der Waals surface area contributed by atoms with Gasteiger partial charge in [0, 0.05) is 11.5 Å². The molecule has 0 unspecified atom stereocenters. The van der Waals surface area contributed by atoms with E-state index in [9.17, 15) is 20.1 Å². The molecule has 7 heteroatoms. The van der Waals surface area contributed by atoms with E-state index in [0.717, 1.165) is 12.8 Å². The molecular weight excluding hydrogens is 364 g/mol. The lowest BCUT2D eigenvalue weighted by molar-refractivity contribution is -0.323. The minimum atomic E-state index is -1.33. The lowest BCUT2D eigenvalue weighted by Gasteiger charge is -2.44. The average Bonchev–Trinajstić information content (AvgIpc) is 3.04. The fourth-order valence-corrected chi connectivity index (χ4v) is 5.45. The molecule has 156 valence electrons. The summed E-state index contributed by atoms with van der Waals surface area (Å²) >= 11 is 0. The topological polar surface area (TPSA) is 105 Å². The van der Waals surface area contributed by atoms with Crippen LogP contribution in [0.25, 0.3) is 0 Å². The van der Waals surface area contributed by atoms with Gasteiger partial charge in [-0.15, -0.1) is 0 Å². The van der Waals surface area contributed by atoms with Crippen LogP contribution in [0.15, 0.2) is 23.8 Å². The van der Waals surface area contributed by atoms with E-state index in [4.69, 9.17) is 14.2 Å². The molecule has 2 heterocycles. The van der Waals surface area contributed by atoms with Crippen LogP contribution in [0.2, 0.25) is 0 Å². The summed E-state index contributed by atoms with van der Waals surface area (Å²) in [5.74, 6) is -0.0343. The molecule has 2 aliphatic carbocycles. The Labute approximate surface area is 165 Å². The van der Waals surface area contributed by atoms with Crippen molar-refractivity contribution in [1.29, 1.82) is 0 Å². The summed E-state index contributed by atoms with van der Waals surface area (Å²) in [6, 6.07) is 0. The molecule has 0 amide bonds. The SMILES string of the molecule is C=C1C(=O)O[C@@H]2C=C(C)[C@@H]3CC[C@@](C)(O[C@@H]4O[C@@H](C)[C@H](O)[C@@H](O)[C@H]4O)[C@@H]3C[C@H]12. The number of aliphatic hydroxyl groups excluding tert-OH is 3. The largest absolute Gasteiger partial charge is 0.454 e. The molecule has 0 aromatic heterocycles. The minimum Gasteiger partial charge on any atom is -0.454 e. The van der Waals surface area contributed by atoms with Crippen molar-refractivity contribution in [1.82, 2.24) is 0 Å². The van der Waals surface area contributed by atoms with Crippen LogP contribution in [0.4, 0.5) is 0 Å². The number of rotatable bonds is 2. The first kappa shape index (κ1) is 20.0. The van der Waals surface area contributed by atoms with Crippen molar-refractivity contribution in [3.63, 3.8) is 0 Å². The number of aliphatic hydroxyl groups is 3. The van der Waals surface area contributed by atoms with Crippen molar-refractivity contribution >= 4 is 5.97 Å². The highest BCUT2D eigenvalue weighted by atomic mass is 16.7. The van der Waals surface area contributed by atoms with E-state index in [0.29, 0.717) is 12.0 Å². The Morgan fingerprint density at radius 3 is 2.64 bits per heavy atom. The van der Waals surface area contributed by atoms with Gasteiger partial charge >= 0.3 is 5.97 Å². The predicted molar refractivity (Wildman–Crippen MR) is 98.9 cm³/mol. The van der Waals surface area contributed by atoms with Crippen LogP contribution in [0.1, 0.15) is 40.0 Å². The summed E-state index contributed by atoms with van der Waals surface area (Å²) in [5, 5.41) is 30.4. The number of hydrogen-bond donors (Lipinski definition) is 3. The second-order valence-corrected chi connectivity index (χ2v) is 9.01. The summed E-state index contributed by atoms with van der Waals surface area (Å²) in [6.07, 6.45) is -1.32. The number of esters is 1. The molecule has 0 spiro atoms. The molecule has 2 saturated heterocycles. The van der Waals surface area contributed by atoms with Gasteiger partial charge in [-0.2, -0.15) is 0 Å². The summed E-state index contributed by atoms with van der Waals surface area (Å²) < 4.78 is 17.5. The van der Waals surface area contributed by atoms with Gasteiger partial charge in [-0.1, -0.05) is 12.2 Å². The van der Waals surface area contributed by atoms with Gasteiger partial charge in [-0.25, -0.2) is 4.79 Å². The van der Waals surface area contributed by atoms with Gasteiger partial charge in [0.1, 0.15) is 24.4 Å². The zero-order valence-corrected chi connectivity index (χ0v) is 16.6. The summed E-state index contributed by atoms with van der Waals surface area (Å²) in [5.41, 5.74) is 1.08. The third kappa shape index (κ3) is 3.04. The fraction of sp³-hybridized carbons (Fsp3) is 0.762. The van der Waals surface area contributed by atoms with Crippen LogP contribution in [-0.4, -0.2) is 63.7 Å². The van der Waals surface area contributed by atoms with Gasteiger partial charge in [-0.05, 0) is 57.9 Å². The van der Waals surface area contributed by atoms with Crippen LogP contribution < -0.4 is 0 Å². The van der Waals surface area contributed by atoms with Crippen LogP contribution in [-0.2, 0) is 19.0 Å². The number of hydrogen-bond acceptors (Lipinski definition) is 7. The molecule has 0 bridgehead atoms. The molecule has 0 aromatic carbocycles. The third-order valence-corrected chi connectivity index (χ3v) is 7.28. The molecule has 4 aliphatic rings. The van der Waals surface area contributed by atoms with Crippen LogP contribution >= 0.6 is 0 Å². The first-order valence-corrected chi connectivity index (χ1v) is 10.1. The Balaban J connectivity index is 1.58. The summed E-state index contributed by atoms with van der Waals surface area (Å²) in [7, 11) is 0. The number of allylic oxidation sites excluding steroid dienone is 1. The molecule has 28 heavy (non-hydrogen) atoms. The predicted octanol–water partition coefficient (Wildman–Crippen LogP) is 1.06. The highest BCUT2D eigenvalue weighted by Crippen LogP contribution is 2.53. The van der Waals surface area contributed by atoms with Crippen molar-refractivity contribution < 1.29 is 34.3 Å². The van der Waals surface area contributed by atoms with E-state index in [2.05, 4.69) is 13.5 Å². The maximum atomic E-state index is 12.0. The minimum absolute atomic E-state index is 0.0815. The molecule has 4 rings (SSSR count). The Kier molecular flexibility index (Phi) is 4.95. The van der Waals surface area contributed by atoms with E-state index in [1.54, 1.807) is 6.92 Å². The van der Waals surface area contributed by atoms with Gasteiger partial charge in [-0.3, -0.25) is 0 Å². The lowest BCUT2D eigenvalue weighted by atomic mass is 9.78. The summed E-state index contributed by atoms with van der Waals surface area (Å²) in [4.78, 5) is 12.0. The van der Waals surface area contributed by atoms with Gasteiger partial charge in [0.15, 0.2) is 6.29 Å². The average molecular weight is 394 g/mol. The van der Waals surface area contributed by atoms with Gasteiger partial charge in [0.25, 0.3) is 0 Å². The first-order valence-electron chi connectivity index (χ1n) is 10.1. The normalized spacial score (nSPS) is 51.2. The molecule has 0 radical (unpaired) electrons. The van der Waals surface area contributed by atoms with Gasteiger partial charge < -0.3 is 29.5 Å². The molecule has 3 N–H and O–H groups in total. The molecule has 7 nitrogen and oxygen atoms in total. The highest BCUT2D eigenvalue weighted by Gasteiger charge is 2.54. The van der Waals surface area contributed by atoms with Crippen LogP contribution in [0.3, 0.4) is 0 Å². The molecule has 3 fully saturated rings. The smallest absolute Gasteiger partial charge is 0.334 e. The van der Waals surface area contributed by atoms with Crippen LogP contribution in [0.5, 0.6) is 0 Å². The van der Waals surface area contributed by atoms with Crippen molar-refractivity contribution in [3.05, 3.63) is 23.8 Å². The quantitative estimate of drug-likeness (QED) is 0.365. The van der Waals surface area contributed by atoms with Crippen LogP contribution in [0, 0.1) is 17.8 Å². The maximum absolute atomic E-state index is 12.0. The maximum Gasteiger partial charge on any atom is 0.334 e. The fourth-order valence-electron chi connectivity index (χ4n) is 5.45. The monoisotopic (exact) mass is 394 g/mol. The number of ether oxygens (including phenoxy) is 3. The lowest BCUT2D eigenvalue weighted by Crippen LogP contribution is -2.59. The number of carbonyl (C=O) groups is 1. The van der Waals surface area contributed by atoms with E-state index in [1.807, 2.05) is 13.0 Å². The standard InChI is InChI=1S/C21H30O7/c1-9-7-15-13(10(2)19(25)27-15)8-14-12(9)5-6-21(14,4)28-20-18(24)17(23)16(22)11(3)26-20/h7,11-18,20,22-24H,2,5-6,8H2,1,3-4H3/t11-,12-,13+,14+,15+,16-,17+,18+,20-,21+/m0/s1. The second kappa shape index (κ2) is 6.92. The first-order chi connectivity index (χ1) is 13.1. The zero-order chi connectivity index (χ0) is 20.4. The number of carbonyl (C=O) groups excluding carboxylic acids is 1. The van der Waals surface area contributed by atoms with E-state index < -0.39 is 36.3 Å². The molecule has 10 atom stereocenters. The van der Waals surface area contributed by atoms with E-state index >= 15 is 0 Å². The Bertz CT molecular complexity index is 703. The molecule has 0 aromatic rings. The Hall–Kier alpha value is -1.25. The van der Waals surface area contributed by atoms with Crippen molar-refractivity contribution in [2.24, 2.45) is 17.8 Å². The molecular formula is C21H30O7. The summed E-state index contributed by atoms with van der Waals surface area (Å²) in [6.45, 7) is 9.65. The third-order valence-electron chi connectivity index (χ3n) is 7.28. The van der Waals surface area contributed by atoms with Crippen molar-refractivity contribution in [2.75, 3.05) is 0 Å². The van der Waals surface area contributed by atoms with Gasteiger partial charge in [0.2, 0.25) is 0 Å². The number of fused-ring (bicyclic) bond motifs is 2. The highest BCUT2D eigenvalue weighted by molar-refractivity contribution is 5.91. The molecule has 2 aliphatic heterocycles. The van der Waals surface area contributed by atoms with Gasteiger partial charge in [0.05, 0.1) is 11.7 Å². The second-order valence-electron chi connectivity index (χ2n) is 9.01.